The molecule has 1 N–H and O–H groups in total. The highest BCUT2D eigenvalue weighted by Gasteiger charge is 2.28. The fourth-order valence-corrected chi connectivity index (χ4v) is 2.06. The lowest BCUT2D eigenvalue weighted by Gasteiger charge is -2.33. The second kappa shape index (κ2) is 3.13. The molecule has 0 bridgehead atoms. The molecule has 0 fully saturated rings. The summed E-state index contributed by atoms with van der Waals surface area (Å²) in [5.41, 5.74) is 2.02. The van der Waals surface area contributed by atoms with Crippen molar-refractivity contribution in [2.45, 2.75) is 25.7 Å². The number of nitrogens with one attached hydrogen (secondary N) is 1. The summed E-state index contributed by atoms with van der Waals surface area (Å²) in [6, 6.07) is 3.22. The number of hydrogen-bond donors (Lipinski definition) is 1. The first-order valence-electron chi connectivity index (χ1n) is 4.74. The van der Waals surface area contributed by atoms with E-state index in [0.29, 0.717) is 0 Å². The van der Waals surface area contributed by atoms with Gasteiger partial charge in [-0.2, -0.15) is 0 Å². The largest absolute Gasteiger partial charge is 0.385 e. The fraction of sp³-hybridized carbons (Fsp3) is 0.455. The highest BCUT2D eigenvalue weighted by Crippen LogP contribution is 2.38. The molecule has 76 valence electrons. The summed E-state index contributed by atoms with van der Waals surface area (Å²) in [7, 11) is 0. The zero-order chi connectivity index (χ0) is 10.3. The van der Waals surface area contributed by atoms with Crippen molar-refractivity contribution in [2.75, 3.05) is 11.9 Å². The molecule has 0 aromatic heterocycles. The van der Waals surface area contributed by atoms with Crippen LogP contribution < -0.4 is 5.32 Å². The SMILES string of the molecule is CC1(C)CCNc2cc(Cl)c(F)cc21. The second-order valence-electron chi connectivity index (χ2n) is 4.37. The minimum absolute atomic E-state index is 0.0337. The van der Waals surface area contributed by atoms with Crippen molar-refractivity contribution in [3.63, 3.8) is 0 Å². The number of halogens is 2. The van der Waals surface area contributed by atoms with Crippen molar-refractivity contribution in [1.29, 1.82) is 0 Å². The molecule has 0 aliphatic carbocycles. The Bertz CT molecular complexity index is 374. The van der Waals surface area contributed by atoms with Crippen LogP contribution in [0.4, 0.5) is 10.1 Å². The van der Waals surface area contributed by atoms with E-state index in [1.54, 1.807) is 12.1 Å². The van der Waals surface area contributed by atoms with E-state index >= 15 is 0 Å². The monoisotopic (exact) mass is 213 g/mol. The van der Waals surface area contributed by atoms with Gasteiger partial charge >= 0.3 is 0 Å². The predicted molar refractivity (Wildman–Crippen MR) is 57.5 cm³/mol. The lowest BCUT2D eigenvalue weighted by molar-refractivity contribution is 0.477. The number of benzene rings is 1. The summed E-state index contributed by atoms with van der Waals surface area (Å²) in [4.78, 5) is 0. The van der Waals surface area contributed by atoms with Crippen LogP contribution in [0, 0.1) is 5.82 Å². The maximum Gasteiger partial charge on any atom is 0.142 e. The zero-order valence-corrected chi connectivity index (χ0v) is 9.08. The highest BCUT2D eigenvalue weighted by atomic mass is 35.5. The number of hydrogen-bond acceptors (Lipinski definition) is 1. The Morgan fingerprint density at radius 1 is 1.43 bits per heavy atom. The molecule has 0 saturated heterocycles. The molecule has 1 aromatic carbocycles. The Kier molecular flexibility index (Phi) is 2.18. The molecule has 1 heterocycles. The Morgan fingerprint density at radius 2 is 2.14 bits per heavy atom. The molecule has 1 aromatic rings. The fourth-order valence-electron chi connectivity index (χ4n) is 1.90. The molecule has 1 aliphatic rings. The van der Waals surface area contributed by atoms with Gasteiger partial charge in [-0.1, -0.05) is 25.4 Å². The summed E-state index contributed by atoms with van der Waals surface area (Å²) in [5.74, 6) is -0.331. The van der Waals surface area contributed by atoms with Crippen molar-refractivity contribution in [1.82, 2.24) is 0 Å². The molecule has 2 rings (SSSR count). The quantitative estimate of drug-likeness (QED) is 0.695. The van der Waals surface area contributed by atoms with Crippen LogP contribution in [0.25, 0.3) is 0 Å². The smallest absolute Gasteiger partial charge is 0.142 e. The van der Waals surface area contributed by atoms with Crippen LogP contribution in [0.3, 0.4) is 0 Å². The molecule has 0 saturated carbocycles. The van der Waals surface area contributed by atoms with Gasteiger partial charge in [0, 0.05) is 12.2 Å². The summed E-state index contributed by atoms with van der Waals surface area (Å²) in [5, 5.41) is 3.42. The van der Waals surface area contributed by atoms with E-state index in [-0.39, 0.29) is 16.3 Å². The molecular formula is C11H13ClFN. The van der Waals surface area contributed by atoms with E-state index in [4.69, 9.17) is 11.6 Å². The van der Waals surface area contributed by atoms with Gasteiger partial charge in [0.1, 0.15) is 5.82 Å². The Hall–Kier alpha value is -0.760. The molecule has 0 spiro atoms. The van der Waals surface area contributed by atoms with Gasteiger partial charge in [0.15, 0.2) is 0 Å². The molecule has 0 radical (unpaired) electrons. The van der Waals surface area contributed by atoms with Crippen molar-refractivity contribution in [3.05, 3.63) is 28.5 Å². The third-order valence-corrected chi connectivity index (χ3v) is 3.14. The van der Waals surface area contributed by atoms with E-state index in [1.807, 2.05) is 0 Å². The molecule has 14 heavy (non-hydrogen) atoms. The normalized spacial score (nSPS) is 18.6. The number of anilines is 1. The third kappa shape index (κ3) is 1.48. The van der Waals surface area contributed by atoms with Crippen LogP contribution >= 0.6 is 11.6 Å². The summed E-state index contributed by atoms with van der Waals surface area (Å²) >= 11 is 5.72. The standard InChI is InChI=1S/C11H13ClFN/c1-11(2)3-4-14-10-6-8(12)9(13)5-7(10)11/h5-6,14H,3-4H2,1-2H3. The van der Waals surface area contributed by atoms with Gasteiger partial charge in [0.25, 0.3) is 0 Å². The molecule has 3 heteroatoms. The van der Waals surface area contributed by atoms with Gasteiger partial charge in [-0.15, -0.1) is 0 Å². The molecule has 1 nitrogen and oxygen atoms in total. The van der Waals surface area contributed by atoms with Crippen LogP contribution in [0.15, 0.2) is 12.1 Å². The average Bonchev–Trinajstić information content (AvgIpc) is 2.08. The van der Waals surface area contributed by atoms with Crippen LogP contribution in [0.2, 0.25) is 5.02 Å². The lowest BCUT2D eigenvalue weighted by atomic mass is 9.78. The summed E-state index contributed by atoms with van der Waals surface area (Å²) < 4.78 is 13.3. The number of rotatable bonds is 0. The second-order valence-corrected chi connectivity index (χ2v) is 4.78. The molecule has 0 unspecified atom stereocenters. The van der Waals surface area contributed by atoms with Crippen LogP contribution in [0.1, 0.15) is 25.8 Å². The van der Waals surface area contributed by atoms with Crippen LogP contribution in [0.5, 0.6) is 0 Å². The minimum Gasteiger partial charge on any atom is -0.385 e. The Labute approximate surface area is 88.3 Å². The lowest BCUT2D eigenvalue weighted by Crippen LogP contribution is -2.28. The van der Waals surface area contributed by atoms with Crippen molar-refractivity contribution >= 4 is 17.3 Å². The number of fused-ring (bicyclic) bond motifs is 1. The van der Waals surface area contributed by atoms with Crippen LogP contribution in [-0.4, -0.2) is 6.54 Å². The maximum absolute atomic E-state index is 13.3. The minimum atomic E-state index is -0.331. The van der Waals surface area contributed by atoms with Crippen molar-refractivity contribution in [3.8, 4) is 0 Å². The Morgan fingerprint density at radius 3 is 2.86 bits per heavy atom. The molecule has 0 amide bonds. The third-order valence-electron chi connectivity index (χ3n) is 2.86. The van der Waals surface area contributed by atoms with Gasteiger partial charge < -0.3 is 5.32 Å². The van der Waals surface area contributed by atoms with Crippen LogP contribution in [-0.2, 0) is 5.41 Å². The topological polar surface area (TPSA) is 12.0 Å². The van der Waals surface area contributed by atoms with Gasteiger partial charge in [0.2, 0.25) is 0 Å². The average molecular weight is 214 g/mol. The first kappa shape index (κ1) is 9.78. The highest BCUT2D eigenvalue weighted by molar-refractivity contribution is 6.31. The molecular weight excluding hydrogens is 201 g/mol. The van der Waals surface area contributed by atoms with Crippen molar-refractivity contribution in [2.24, 2.45) is 0 Å². The van der Waals surface area contributed by atoms with Crippen molar-refractivity contribution < 1.29 is 4.39 Å². The van der Waals surface area contributed by atoms with E-state index in [9.17, 15) is 4.39 Å². The maximum atomic E-state index is 13.3. The zero-order valence-electron chi connectivity index (χ0n) is 8.32. The molecule has 1 aliphatic heterocycles. The first-order valence-corrected chi connectivity index (χ1v) is 5.12. The summed E-state index contributed by atoms with van der Waals surface area (Å²) in [6.45, 7) is 5.17. The first-order chi connectivity index (χ1) is 6.50. The van der Waals surface area contributed by atoms with E-state index in [1.165, 1.54) is 0 Å². The van der Waals surface area contributed by atoms with Gasteiger partial charge in [-0.05, 0) is 29.5 Å². The van der Waals surface area contributed by atoms with E-state index in [2.05, 4.69) is 19.2 Å². The van der Waals surface area contributed by atoms with E-state index in [0.717, 1.165) is 24.2 Å². The molecule has 0 atom stereocenters. The van der Waals surface area contributed by atoms with Gasteiger partial charge in [-0.3, -0.25) is 0 Å². The predicted octanol–water partition coefficient (Wildman–Crippen LogP) is 3.57. The van der Waals surface area contributed by atoms with E-state index < -0.39 is 0 Å². The van der Waals surface area contributed by atoms with Gasteiger partial charge in [-0.25, -0.2) is 4.39 Å². The Balaban J connectivity index is 2.59. The van der Waals surface area contributed by atoms with Gasteiger partial charge in [0.05, 0.1) is 5.02 Å². The summed E-state index contributed by atoms with van der Waals surface area (Å²) in [6.07, 6.45) is 1.01.